The number of aromatic nitrogens is 1. The summed E-state index contributed by atoms with van der Waals surface area (Å²) in [4.78, 5) is 15.2. The molecular formula is C26H21F2N3O. The standard InChI is InChI=1S/C26H21F2N3O/c1-17-6-4-8-18(14-17)25-24-10-5-13-30(24)23-9-3-2-7-19(23)16-31(25)26(32)29-22-12-11-20(27)15-21(22)28/h2-15,25H,16H2,1H3,(H,29,32)/t25-/m1/s1. The Morgan fingerprint density at radius 1 is 0.969 bits per heavy atom. The summed E-state index contributed by atoms with van der Waals surface area (Å²) in [7, 11) is 0. The average Bonchev–Trinajstić information content (AvgIpc) is 3.20. The van der Waals surface area contributed by atoms with Gasteiger partial charge in [-0.1, -0.05) is 48.0 Å². The summed E-state index contributed by atoms with van der Waals surface area (Å²) in [5.41, 5.74) is 4.85. The summed E-state index contributed by atoms with van der Waals surface area (Å²) < 4.78 is 29.7. The van der Waals surface area contributed by atoms with Crippen molar-refractivity contribution >= 4 is 11.7 Å². The fourth-order valence-electron chi connectivity index (χ4n) is 4.31. The minimum atomic E-state index is -0.816. The van der Waals surface area contributed by atoms with Crippen molar-refractivity contribution in [2.75, 3.05) is 5.32 Å². The summed E-state index contributed by atoms with van der Waals surface area (Å²) in [6, 6.07) is 22.1. The molecule has 0 spiro atoms. The SMILES string of the molecule is Cc1cccc([C@@H]2c3cccn3-c3ccccc3CN2C(=O)Nc2ccc(F)cc2F)c1. The minimum Gasteiger partial charge on any atom is -0.318 e. The van der Waals surface area contributed by atoms with Crippen molar-refractivity contribution in [3.63, 3.8) is 0 Å². The van der Waals surface area contributed by atoms with E-state index in [1.54, 1.807) is 4.90 Å². The van der Waals surface area contributed by atoms with E-state index in [1.165, 1.54) is 6.07 Å². The number of carbonyl (C=O) groups is 1. The molecule has 1 aromatic heterocycles. The maximum atomic E-state index is 14.3. The molecular weight excluding hydrogens is 408 g/mol. The van der Waals surface area contributed by atoms with E-state index in [-0.39, 0.29) is 5.69 Å². The number of nitrogens with zero attached hydrogens (tertiary/aromatic N) is 2. The molecule has 1 N–H and O–H groups in total. The predicted molar refractivity (Wildman–Crippen MR) is 120 cm³/mol. The highest BCUT2D eigenvalue weighted by molar-refractivity contribution is 5.90. The maximum Gasteiger partial charge on any atom is 0.323 e. The van der Waals surface area contributed by atoms with Crippen molar-refractivity contribution < 1.29 is 13.6 Å². The topological polar surface area (TPSA) is 37.3 Å². The zero-order chi connectivity index (χ0) is 22.2. The number of hydrogen-bond acceptors (Lipinski definition) is 1. The van der Waals surface area contributed by atoms with Crippen LogP contribution in [0, 0.1) is 18.6 Å². The zero-order valence-electron chi connectivity index (χ0n) is 17.4. The molecule has 160 valence electrons. The molecule has 4 nitrogen and oxygen atoms in total. The van der Waals surface area contributed by atoms with Crippen LogP contribution in [0.5, 0.6) is 0 Å². The van der Waals surface area contributed by atoms with E-state index >= 15 is 0 Å². The molecule has 1 aliphatic rings. The fourth-order valence-corrected chi connectivity index (χ4v) is 4.31. The van der Waals surface area contributed by atoms with Gasteiger partial charge >= 0.3 is 6.03 Å². The van der Waals surface area contributed by atoms with E-state index < -0.39 is 23.7 Å². The lowest BCUT2D eigenvalue weighted by atomic mass is 10.00. The van der Waals surface area contributed by atoms with E-state index in [1.807, 2.05) is 67.7 Å². The van der Waals surface area contributed by atoms with Gasteiger partial charge in [0, 0.05) is 18.0 Å². The number of fused-ring (bicyclic) bond motifs is 3. The fraction of sp³-hybridized carbons (Fsp3) is 0.115. The summed E-state index contributed by atoms with van der Waals surface area (Å²) in [5, 5.41) is 2.64. The van der Waals surface area contributed by atoms with Crippen molar-refractivity contribution in [3.8, 4) is 5.69 Å². The van der Waals surface area contributed by atoms with Crippen molar-refractivity contribution in [1.82, 2.24) is 9.47 Å². The molecule has 0 unspecified atom stereocenters. The molecule has 2 amide bonds. The number of aryl methyl sites for hydroxylation is 1. The highest BCUT2D eigenvalue weighted by Gasteiger charge is 2.33. The number of nitrogens with one attached hydrogen (secondary N) is 1. The first-order chi connectivity index (χ1) is 15.5. The van der Waals surface area contributed by atoms with E-state index in [0.29, 0.717) is 6.54 Å². The van der Waals surface area contributed by atoms with Gasteiger partial charge in [0.1, 0.15) is 11.6 Å². The summed E-state index contributed by atoms with van der Waals surface area (Å²) >= 11 is 0. The Balaban J connectivity index is 1.64. The zero-order valence-corrected chi connectivity index (χ0v) is 17.4. The molecule has 5 rings (SSSR count). The largest absolute Gasteiger partial charge is 0.323 e. The van der Waals surface area contributed by atoms with Crippen LogP contribution in [0.15, 0.2) is 85.1 Å². The number of halogens is 2. The first kappa shape index (κ1) is 20.0. The highest BCUT2D eigenvalue weighted by Crippen LogP contribution is 2.37. The van der Waals surface area contributed by atoms with Gasteiger partial charge in [-0.3, -0.25) is 0 Å². The number of amides is 2. The van der Waals surface area contributed by atoms with Crippen LogP contribution in [0.4, 0.5) is 19.3 Å². The molecule has 32 heavy (non-hydrogen) atoms. The lowest BCUT2D eigenvalue weighted by Gasteiger charge is -2.31. The van der Waals surface area contributed by atoms with Gasteiger partial charge in [-0.2, -0.15) is 0 Å². The Hall–Kier alpha value is -3.93. The summed E-state index contributed by atoms with van der Waals surface area (Å²) in [5.74, 6) is -1.51. The lowest BCUT2D eigenvalue weighted by molar-refractivity contribution is 0.194. The van der Waals surface area contributed by atoms with Crippen LogP contribution >= 0.6 is 0 Å². The Morgan fingerprint density at radius 2 is 1.81 bits per heavy atom. The normalized spacial score (nSPS) is 15.0. The van der Waals surface area contributed by atoms with Crippen LogP contribution in [-0.4, -0.2) is 15.5 Å². The first-order valence-electron chi connectivity index (χ1n) is 10.4. The van der Waals surface area contributed by atoms with Gasteiger partial charge in [0.05, 0.1) is 24.0 Å². The molecule has 0 fully saturated rings. The van der Waals surface area contributed by atoms with Gasteiger partial charge in [-0.15, -0.1) is 0 Å². The molecule has 6 heteroatoms. The molecule has 0 saturated carbocycles. The molecule has 0 aliphatic carbocycles. The number of hydrogen-bond donors (Lipinski definition) is 1. The van der Waals surface area contributed by atoms with Crippen LogP contribution in [-0.2, 0) is 6.54 Å². The lowest BCUT2D eigenvalue weighted by Crippen LogP contribution is -2.38. The third-order valence-electron chi connectivity index (χ3n) is 5.76. The van der Waals surface area contributed by atoms with Gasteiger partial charge in [0.15, 0.2) is 0 Å². The smallest absolute Gasteiger partial charge is 0.318 e. The molecule has 3 aromatic carbocycles. The molecule has 0 radical (unpaired) electrons. The quantitative estimate of drug-likeness (QED) is 0.405. The van der Waals surface area contributed by atoms with E-state index in [2.05, 4.69) is 16.0 Å². The summed E-state index contributed by atoms with van der Waals surface area (Å²) in [6.07, 6.45) is 1.98. The third-order valence-corrected chi connectivity index (χ3v) is 5.76. The van der Waals surface area contributed by atoms with Gasteiger partial charge in [0.25, 0.3) is 0 Å². The van der Waals surface area contributed by atoms with Crippen LogP contribution in [0.3, 0.4) is 0 Å². The minimum absolute atomic E-state index is 0.0627. The number of benzene rings is 3. The second kappa shape index (κ2) is 7.96. The van der Waals surface area contributed by atoms with Gasteiger partial charge in [-0.05, 0) is 48.4 Å². The van der Waals surface area contributed by atoms with Crippen molar-refractivity contribution in [1.29, 1.82) is 0 Å². The van der Waals surface area contributed by atoms with Crippen LogP contribution in [0.1, 0.15) is 28.4 Å². The number of carbonyl (C=O) groups excluding carboxylic acids is 1. The Kier molecular flexibility index (Phi) is 4.98. The second-order valence-electron chi connectivity index (χ2n) is 7.93. The van der Waals surface area contributed by atoms with Crippen molar-refractivity contribution in [2.45, 2.75) is 19.5 Å². The van der Waals surface area contributed by atoms with Gasteiger partial charge < -0.3 is 14.8 Å². The number of rotatable bonds is 2. The molecule has 1 atom stereocenters. The number of urea groups is 1. The Bertz CT molecular complexity index is 1310. The molecule has 4 aromatic rings. The number of para-hydroxylation sites is 1. The average molecular weight is 429 g/mol. The third kappa shape index (κ3) is 3.54. The van der Waals surface area contributed by atoms with Crippen LogP contribution < -0.4 is 5.32 Å². The van der Waals surface area contributed by atoms with E-state index in [9.17, 15) is 13.6 Å². The maximum absolute atomic E-state index is 14.3. The summed E-state index contributed by atoms with van der Waals surface area (Å²) in [6.45, 7) is 2.33. The highest BCUT2D eigenvalue weighted by atomic mass is 19.1. The monoisotopic (exact) mass is 429 g/mol. The van der Waals surface area contributed by atoms with Gasteiger partial charge in [0.2, 0.25) is 0 Å². The first-order valence-corrected chi connectivity index (χ1v) is 10.4. The molecule has 0 bridgehead atoms. The molecule has 0 saturated heterocycles. The Morgan fingerprint density at radius 3 is 2.62 bits per heavy atom. The molecule has 1 aliphatic heterocycles. The second-order valence-corrected chi connectivity index (χ2v) is 7.93. The van der Waals surface area contributed by atoms with Crippen molar-refractivity contribution in [3.05, 3.63) is 119 Å². The van der Waals surface area contributed by atoms with Crippen LogP contribution in [0.25, 0.3) is 5.69 Å². The van der Waals surface area contributed by atoms with E-state index in [4.69, 9.17) is 0 Å². The molecule has 2 heterocycles. The van der Waals surface area contributed by atoms with Crippen molar-refractivity contribution in [2.24, 2.45) is 0 Å². The Labute approximate surface area is 184 Å². The predicted octanol–water partition coefficient (Wildman–Crippen LogP) is 6.20. The van der Waals surface area contributed by atoms with Crippen LogP contribution in [0.2, 0.25) is 0 Å². The number of anilines is 1. The van der Waals surface area contributed by atoms with Gasteiger partial charge in [-0.25, -0.2) is 13.6 Å². The van der Waals surface area contributed by atoms with E-state index in [0.717, 1.165) is 40.2 Å².